The van der Waals surface area contributed by atoms with Crippen LogP contribution in [0.1, 0.15) is 16.1 Å². The highest BCUT2D eigenvalue weighted by Crippen LogP contribution is 2.29. The molecular weight excluding hydrogens is 270 g/mol. The first-order valence-electron chi connectivity index (χ1n) is 6.19. The van der Waals surface area contributed by atoms with Gasteiger partial charge in [0.1, 0.15) is 0 Å². The van der Waals surface area contributed by atoms with Gasteiger partial charge < -0.3 is 9.52 Å². The van der Waals surface area contributed by atoms with Gasteiger partial charge in [-0.2, -0.15) is 5.10 Å². The summed E-state index contributed by atoms with van der Waals surface area (Å²) in [6, 6.07) is 10.3. The second-order valence-electron chi connectivity index (χ2n) is 4.25. The second-order valence-corrected chi connectivity index (χ2v) is 4.25. The number of furan rings is 1. The quantitative estimate of drug-likeness (QED) is 0.569. The van der Waals surface area contributed by atoms with Gasteiger partial charge in [-0.15, -0.1) is 0 Å². The molecule has 1 amide bonds. The van der Waals surface area contributed by atoms with Crippen molar-refractivity contribution in [3.8, 4) is 5.95 Å². The maximum Gasteiger partial charge on any atom is 0.290 e. The van der Waals surface area contributed by atoms with Gasteiger partial charge in [-0.1, -0.05) is 18.2 Å². The van der Waals surface area contributed by atoms with Crippen molar-refractivity contribution >= 4 is 22.9 Å². The van der Waals surface area contributed by atoms with Crippen molar-refractivity contribution in [3.63, 3.8) is 0 Å². The summed E-state index contributed by atoms with van der Waals surface area (Å²) < 4.78 is 5.20. The van der Waals surface area contributed by atoms with E-state index in [9.17, 15) is 9.90 Å². The number of amides is 1. The van der Waals surface area contributed by atoms with Crippen LogP contribution in [-0.4, -0.2) is 22.2 Å². The van der Waals surface area contributed by atoms with Crippen LogP contribution in [0.15, 0.2) is 58.3 Å². The Balaban J connectivity index is 1.78. The summed E-state index contributed by atoms with van der Waals surface area (Å²) in [4.78, 5) is 15.6. The Kier molecular flexibility index (Phi) is 3.34. The number of carbonyl (C=O) groups is 1. The molecule has 21 heavy (non-hydrogen) atoms. The van der Waals surface area contributed by atoms with Gasteiger partial charge in [0.15, 0.2) is 5.76 Å². The number of hydrazone groups is 1. The molecule has 6 heteroatoms. The Morgan fingerprint density at radius 2 is 1.90 bits per heavy atom. The van der Waals surface area contributed by atoms with E-state index < -0.39 is 0 Å². The Bertz CT molecular complexity index is 809. The number of hydrogen-bond acceptors (Lipinski definition) is 5. The molecule has 0 fully saturated rings. The first-order chi connectivity index (χ1) is 10.3. The Labute approximate surface area is 119 Å². The number of rotatable bonds is 3. The summed E-state index contributed by atoms with van der Waals surface area (Å²) in [5.74, 6) is -0.153. The summed E-state index contributed by atoms with van der Waals surface area (Å²) >= 11 is 0. The fraction of sp³-hybridized carbons (Fsp3) is 0. The Hall–Kier alpha value is -3.15. The van der Waals surface area contributed by atoms with Crippen LogP contribution in [-0.2, 0) is 0 Å². The van der Waals surface area contributed by atoms with Gasteiger partial charge >= 0.3 is 0 Å². The van der Waals surface area contributed by atoms with E-state index in [0.717, 1.165) is 5.39 Å². The third kappa shape index (κ3) is 2.59. The van der Waals surface area contributed by atoms with Crippen LogP contribution in [0.3, 0.4) is 0 Å². The summed E-state index contributed by atoms with van der Waals surface area (Å²) in [6.07, 6.45) is 4.40. The summed E-state index contributed by atoms with van der Waals surface area (Å²) in [5, 5.41) is 14.8. The average Bonchev–Trinajstić information content (AvgIpc) is 2.85. The highest BCUT2D eigenvalue weighted by molar-refractivity contribution is 6.00. The molecule has 0 unspecified atom stereocenters. The predicted molar refractivity (Wildman–Crippen MR) is 77.2 cm³/mol. The summed E-state index contributed by atoms with van der Waals surface area (Å²) in [5.41, 5.74) is 2.84. The molecule has 6 nitrogen and oxygen atoms in total. The summed E-state index contributed by atoms with van der Waals surface area (Å²) in [7, 11) is 0. The molecule has 0 aliphatic rings. The topological polar surface area (TPSA) is 87.7 Å². The van der Waals surface area contributed by atoms with E-state index >= 15 is 0 Å². The zero-order chi connectivity index (χ0) is 14.7. The molecule has 0 aliphatic heterocycles. The molecule has 2 heterocycles. The molecule has 0 atom stereocenters. The molecule has 0 saturated carbocycles. The van der Waals surface area contributed by atoms with Crippen LogP contribution >= 0.6 is 0 Å². The van der Waals surface area contributed by atoms with E-state index in [0.29, 0.717) is 16.7 Å². The largest absolute Gasteiger partial charge is 0.480 e. The number of aromatic hydroxyl groups is 1. The normalized spacial score (nSPS) is 11.0. The highest BCUT2D eigenvalue weighted by Gasteiger charge is 2.10. The molecule has 0 spiro atoms. The standard InChI is InChI=1S/C15H11N3O3/c19-14(10-5-7-16-8-6-10)18-17-9-13-11-3-1-2-4-12(11)15(20)21-13/h1-9,20H,(H,18,19)/b17-9+. The zero-order valence-corrected chi connectivity index (χ0v) is 10.9. The van der Waals surface area contributed by atoms with Gasteiger partial charge in [-0.05, 0) is 18.2 Å². The molecule has 1 aromatic carbocycles. The van der Waals surface area contributed by atoms with Crippen LogP contribution < -0.4 is 5.43 Å². The molecule has 0 aliphatic carbocycles. The van der Waals surface area contributed by atoms with Crippen molar-refractivity contribution in [2.45, 2.75) is 0 Å². The minimum absolute atomic E-state index is 0.174. The van der Waals surface area contributed by atoms with Crippen molar-refractivity contribution in [3.05, 3.63) is 60.1 Å². The third-order valence-electron chi connectivity index (χ3n) is 2.92. The molecule has 0 saturated heterocycles. The lowest BCUT2D eigenvalue weighted by molar-refractivity contribution is 0.0955. The molecule has 3 aromatic rings. The molecule has 0 radical (unpaired) electrons. The van der Waals surface area contributed by atoms with Gasteiger partial charge in [-0.25, -0.2) is 5.43 Å². The van der Waals surface area contributed by atoms with Gasteiger partial charge in [0.05, 0.1) is 11.6 Å². The lowest BCUT2D eigenvalue weighted by Crippen LogP contribution is -2.17. The van der Waals surface area contributed by atoms with Crippen molar-refractivity contribution < 1.29 is 14.3 Å². The fourth-order valence-corrected chi connectivity index (χ4v) is 1.91. The number of carbonyl (C=O) groups excluding carboxylic acids is 1. The predicted octanol–water partition coefficient (Wildman–Crippen LogP) is 2.30. The van der Waals surface area contributed by atoms with Crippen molar-refractivity contribution in [2.24, 2.45) is 5.10 Å². The zero-order valence-electron chi connectivity index (χ0n) is 10.9. The summed E-state index contributed by atoms with van der Waals surface area (Å²) in [6.45, 7) is 0. The van der Waals surface area contributed by atoms with E-state index in [1.54, 1.807) is 30.3 Å². The molecular formula is C15H11N3O3. The number of fused-ring (bicyclic) bond motifs is 1. The minimum atomic E-state index is -0.353. The van der Waals surface area contributed by atoms with Crippen LogP contribution in [0.4, 0.5) is 0 Å². The van der Waals surface area contributed by atoms with E-state index in [1.807, 2.05) is 6.07 Å². The van der Waals surface area contributed by atoms with Crippen LogP contribution in [0.2, 0.25) is 0 Å². The fourth-order valence-electron chi connectivity index (χ4n) is 1.91. The highest BCUT2D eigenvalue weighted by atomic mass is 16.5. The monoisotopic (exact) mass is 281 g/mol. The van der Waals surface area contributed by atoms with Crippen molar-refractivity contribution in [1.29, 1.82) is 0 Å². The number of nitrogens with one attached hydrogen (secondary N) is 1. The first kappa shape index (κ1) is 12.9. The maximum absolute atomic E-state index is 11.8. The smallest absolute Gasteiger partial charge is 0.290 e. The average molecular weight is 281 g/mol. The number of hydrogen-bond donors (Lipinski definition) is 2. The van der Waals surface area contributed by atoms with Crippen molar-refractivity contribution in [2.75, 3.05) is 0 Å². The van der Waals surface area contributed by atoms with E-state index in [2.05, 4.69) is 15.5 Å². The van der Waals surface area contributed by atoms with E-state index in [1.165, 1.54) is 18.6 Å². The molecule has 2 N–H and O–H groups in total. The number of aromatic nitrogens is 1. The van der Waals surface area contributed by atoms with Crippen LogP contribution in [0, 0.1) is 0 Å². The van der Waals surface area contributed by atoms with E-state index in [-0.39, 0.29) is 11.9 Å². The SMILES string of the molecule is O=C(N/N=C/c1oc(O)c2ccccc12)c1ccncc1. The lowest BCUT2D eigenvalue weighted by Gasteiger charge is -1.97. The minimum Gasteiger partial charge on any atom is -0.480 e. The number of benzene rings is 1. The second kappa shape index (κ2) is 5.46. The van der Waals surface area contributed by atoms with Crippen LogP contribution in [0.25, 0.3) is 10.8 Å². The lowest BCUT2D eigenvalue weighted by atomic mass is 10.2. The maximum atomic E-state index is 11.8. The Morgan fingerprint density at radius 1 is 1.19 bits per heavy atom. The van der Waals surface area contributed by atoms with Crippen molar-refractivity contribution in [1.82, 2.24) is 10.4 Å². The number of pyridine rings is 1. The Morgan fingerprint density at radius 3 is 2.67 bits per heavy atom. The van der Waals surface area contributed by atoms with E-state index in [4.69, 9.17) is 4.42 Å². The molecule has 3 rings (SSSR count). The molecule has 0 bridgehead atoms. The van der Waals surface area contributed by atoms with Gasteiger partial charge in [0, 0.05) is 23.3 Å². The first-order valence-corrected chi connectivity index (χ1v) is 6.19. The van der Waals surface area contributed by atoms with Gasteiger partial charge in [0.2, 0.25) is 0 Å². The number of nitrogens with zero attached hydrogens (tertiary/aromatic N) is 2. The van der Waals surface area contributed by atoms with Gasteiger partial charge in [-0.3, -0.25) is 9.78 Å². The third-order valence-corrected chi connectivity index (χ3v) is 2.92. The molecule has 2 aromatic heterocycles. The van der Waals surface area contributed by atoms with Gasteiger partial charge in [0.25, 0.3) is 11.9 Å². The van der Waals surface area contributed by atoms with Crippen LogP contribution in [0.5, 0.6) is 5.95 Å². The molecule has 104 valence electrons.